The van der Waals surface area contributed by atoms with Crippen LogP contribution in [0.25, 0.3) is 20.2 Å². The first kappa shape index (κ1) is 12.7. The summed E-state index contributed by atoms with van der Waals surface area (Å²) in [6.45, 7) is 11.3. The zero-order valence-corrected chi connectivity index (χ0v) is 13.1. The van der Waals surface area contributed by atoms with Crippen LogP contribution in [0.5, 0.6) is 0 Å². The van der Waals surface area contributed by atoms with Crippen molar-refractivity contribution < 1.29 is 0 Å². The second-order valence-corrected chi connectivity index (χ2v) is 7.50. The Balaban J connectivity index is 2.37. The molecular formula is C18H20S. The van der Waals surface area contributed by atoms with E-state index in [1.54, 1.807) is 0 Å². The van der Waals surface area contributed by atoms with E-state index in [4.69, 9.17) is 0 Å². The molecule has 0 aliphatic carbocycles. The molecule has 19 heavy (non-hydrogen) atoms. The van der Waals surface area contributed by atoms with E-state index in [-0.39, 0.29) is 5.41 Å². The Bertz CT molecular complexity index is 770. The van der Waals surface area contributed by atoms with Crippen LogP contribution in [0.15, 0.2) is 30.3 Å². The van der Waals surface area contributed by atoms with Crippen LogP contribution in [0.4, 0.5) is 0 Å². The molecule has 0 aliphatic heterocycles. The van der Waals surface area contributed by atoms with Crippen molar-refractivity contribution in [3.05, 3.63) is 47.0 Å². The number of hydrogen-bond donors (Lipinski definition) is 0. The molecular weight excluding hydrogens is 248 g/mol. The van der Waals surface area contributed by atoms with Crippen molar-refractivity contribution in [3.8, 4) is 0 Å². The van der Waals surface area contributed by atoms with E-state index in [1.807, 2.05) is 11.3 Å². The number of fused-ring (bicyclic) bond motifs is 3. The lowest BCUT2D eigenvalue weighted by Gasteiger charge is -2.18. The molecule has 0 amide bonds. The van der Waals surface area contributed by atoms with E-state index in [9.17, 15) is 0 Å². The smallest absolute Gasteiger partial charge is 0.0387 e. The molecule has 1 heteroatoms. The van der Waals surface area contributed by atoms with E-state index < -0.39 is 0 Å². The van der Waals surface area contributed by atoms with Gasteiger partial charge in [0.2, 0.25) is 0 Å². The van der Waals surface area contributed by atoms with Crippen LogP contribution in [-0.4, -0.2) is 0 Å². The molecule has 0 fully saturated rings. The van der Waals surface area contributed by atoms with E-state index >= 15 is 0 Å². The average Bonchev–Trinajstić information content (AvgIpc) is 2.71. The van der Waals surface area contributed by atoms with Gasteiger partial charge in [-0.2, -0.15) is 0 Å². The molecule has 0 N–H and O–H groups in total. The van der Waals surface area contributed by atoms with Gasteiger partial charge in [-0.05, 0) is 42.0 Å². The monoisotopic (exact) mass is 268 g/mol. The van der Waals surface area contributed by atoms with Crippen molar-refractivity contribution in [1.82, 2.24) is 0 Å². The summed E-state index contributed by atoms with van der Waals surface area (Å²) in [5.41, 5.74) is 4.45. The zero-order valence-electron chi connectivity index (χ0n) is 12.3. The number of hydrogen-bond acceptors (Lipinski definition) is 1. The van der Waals surface area contributed by atoms with Crippen LogP contribution in [0, 0.1) is 13.8 Å². The Morgan fingerprint density at radius 2 is 1.58 bits per heavy atom. The molecule has 1 heterocycles. The lowest BCUT2D eigenvalue weighted by Crippen LogP contribution is -2.10. The van der Waals surface area contributed by atoms with Crippen LogP contribution < -0.4 is 0 Å². The van der Waals surface area contributed by atoms with Gasteiger partial charge in [-0.25, -0.2) is 0 Å². The van der Waals surface area contributed by atoms with Gasteiger partial charge < -0.3 is 0 Å². The predicted octanol–water partition coefficient (Wildman–Crippen LogP) is 5.97. The highest BCUT2D eigenvalue weighted by Crippen LogP contribution is 2.38. The molecule has 3 aromatic rings. The maximum absolute atomic E-state index is 2.37. The molecule has 0 radical (unpaired) electrons. The normalized spacial score (nSPS) is 12.5. The molecule has 3 rings (SSSR count). The quantitative estimate of drug-likeness (QED) is 0.471. The predicted molar refractivity (Wildman–Crippen MR) is 87.5 cm³/mol. The Kier molecular flexibility index (Phi) is 2.72. The first-order chi connectivity index (χ1) is 8.88. The van der Waals surface area contributed by atoms with Gasteiger partial charge in [0.05, 0.1) is 0 Å². The van der Waals surface area contributed by atoms with Gasteiger partial charge in [-0.15, -0.1) is 11.3 Å². The summed E-state index contributed by atoms with van der Waals surface area (Å²) in [5, 5.41) is 2.81. The summed E-state index contributed by atoms with van der Waals surface area (Å²) in [6.07, 6.45) is 0. The first-order valence-corrected chi connectivity index (χ1v) is 7.62. The van der Waals surface area contributed by atoms with Crippen molar-refractivity contribution in [3.63, 3.8) is 0 Å². The summed E-state index contributed by atoms with van der Waals surface area (Å²) >= 11 is 1.93. The van der Waals surface area contributed by atoms with Crippen LogP contribution in [-0.2, 0) is 5.41 Å². The fourth-order valence-corrected chi connectivity index (χ4v) is 3.84. The number of rotatable bonds is 0. The van der Waals surface area contributed by atoms with Crippen LogP contribution >= 0.6 is 11.3 Å². The van der Waals surface area contributed by atoms with Gasteiger partial charge >= 0.3 is 0 Å². The topological polar surface area (TPSA) is 0 Å². The molecule has 1 aromatic heterocycles. The van der Waals surface area contributed by atoms with Gasteiger partial charge in [-0.3, -0.25) is 0 Å². The van der Waals surface area contributed by atoms with Crippen molar-refractivity contribution in [1.29, 1.82) is 0 Å². The van der Waals surface area contributed by atoms with Crippen LogP contribution in [0.3, 0.4) is 0 Å². The maximum atomic E-state index is 2.37. The summed E-state index contributed by atoms with van der Waals surface area (Å²) in [7, 11) is 0. The van der Waals surface area contributed by atoms with E-state index in [2.05, 4.69) is 65.0 Å². The summed E-state index contributed by atoms with van der Waals surface area (Å²) in [6, 6.07) is 11.5. The van der Waals surface area contributed by atoms with E-state index in [0.29, 0.717) is 0 Å². The number of thiophene rings is 1. The van der Waals surface area contributed by atoms with Crippen LogP contribution in [0.2, 0.25) is 0 Å². The number of aryl methyl sites for hydroxylation is 2. The van der Waals surface area contributed by atoms with Gasteiger partial charge in [-0.1, -0.05) is 45.0 Å². The molecule has 0 nitrogen and oxygen atoms in total. The minimum Gasteiger partial charge on any atom is -0.135 e. The second-order valence-electron chi connectivity index (χ2n) is 6.45. The first-order valence-electron chi connectivity index (χ1n) is 6.81. The Morgan fingerprint density at radius 1 is 0.895 bits per heavy atom. The molecule has 2 aromatic carbocycles. The molecule has 98 valence electrons. The molecule has 0 saturated carbocycles. The molecule has 0 spiro atoms. The molecule has 0 unspecified atom stereocenters. The standard InChI is InChI=1S/C18H20S/c1-11-6-8-15-14-9-7-13(18(3,4)5)10-16(14)19-17(15)12(11)2/h6-10H,1-5H3. The maximum Gasteiger partial charge on any atom is 0.0387 e. The van der Waals surface area contributed by atoms with E-state index in [0.717, 1.165) is 0 Å². The minimum absolute atomic E-state index is 0.218. The highest BCUT2D eigenvalue weighted by atomic mass is 32.1. The summed E-state index contributed by atoms with van der Waals surface area (Å²) in [4.78, 5) is 0. The van der Waals surface area contributed by atoms with Crippen molar-refractivity contribution in [2.75, 3.05) is 0 Å². The number of benzene rings is 2. The van der Waals surface area contributed by atoms with Crippen molar-refractivity contribution >= 4 is 31.5 Å². The SMILES string of the molecule is Cc1ccc2c(sc3cc(C(C)(C)C)ccc32)c1C. The summed E-state index contributed by atoms with van der Waals surface area (Å²) in [5.74, 6) is 0. The summed E-state index contributed by atoms with van der Waals surface area (Å²) < 4.78 is 2.86. The largest absolute Gasteiger partial charge is 0.135 e. The lowest BCUT2D eigenvalue weighted by atomic mass is 9.87. The van der Waals surface area contributed by atoms with E-state index in [1.165, 1.54) is 36.9 Å². The van der Waals surface area contributed by atoms with Crippen LogP contribution in [0.1, 0.15) is 37.5 Å². The van der Waals surface area contributed by atoms with Gasteiger partial charge in [0.15, 0.2) is 0 Å². The highest BCUT2D eigenvalue weighted by molar-refractivity contribution is 7.26. The fraction of sp³-hybridized carbons (Fsp3) is 0.333. The Hall–Kier alpha value is -1.34. The zero-order chi connectivity index (χ0) is 13.8. The van der Waals surface area contributed by atoms with Gasteiger partial charge in [0.25, 0.3) is 0 Å². The average molecular weight is 268 g/mol. The lowest BCUT2D eigenvalue weighted by molar-refractivity contribution is 0.591. The third-order valence-corrected chi connectivity index (χ3v) is 5.31. The Labute approximate surface area is 119 Å². The third kappa shape index (κ3) is 1.97. The second kappa shape index (κ2) is 4.08. The minimum atomic E-state index is 0.218. The molecule has 0 aliphatic rings. The van der Waals surface area contributed by atoms with Gasteiger partial charge in [0.1, 0.15) is 0 Å². The molecule has 0 saturated heterocycles. The fourth-order valence-electron chi connectivity index (χ4n) is 2.54. The third-order valence-electron chi connectivity index (χ3n) is 4.03. The van der Waals surface area contributed by atoms with Gasteiger partial charge in [0, 0.05) is 20.2 Å². The van der Waals surface area contributed by atoms with Crippen molar-refractivity contribution in [2.24, 2.45) is 0 Å². The Morgan fingerprint density at radius 3 is 2.26 bits per heavy atom. The molecule has 0 atom stereocenters. The van der Waals surface area contributed by atoms with Crippen molar-refractivity contribution in [2.45, 2.75) is 40.0 Å². The highest BCUT2D eigenvalue weighted by Gasteiger charge is 2.15. The molecule has 0 bridgehead atoms.